The molecule has 2 heterocycles. The van der Waals surface area contributed by atoms with E-state index < -0.39 is 0 Å². The third kappa shape index (κ3) is 5.45. The molecule has 0 unspecified atom stereocenters. The van der Waals surface area contributed by atoms with Crippen LogP contribution in [0.5, 0.6) is 5.75 Å². The summed E-state index contributed by atoms with van der Waals surface area (Å²) >= 11 is 0. The van der Waals surface area contributed by atoms with Gasteiger partial charge in [0, 0.05) is 50.7 Å². The lowest BCUT2D eigenvalue weighted by Crippen LogP contribution is -2.39. The third-order valence-corrected chi connectivity index (χ3v) is 4.85. The molecule has 3 amide bonds. The topological polar surface area (TPSA) is 74.8 Å². The minimum atomic E-state index is -0.142. The Labute approximate surface area is 165 Å². The molecule has 0 atom stereocenters. The highest BCUT2D eigenvalue weighted by molar-refractivity contribution is 5.89. The summed E-state index contributed by atoms with van der Waals surface area (Å²) in [5.41, 5.74) is 1.83. The van der Waals surface area contributed by atoms with Crippen LogP contribution in [0, 0.1) is 0 Å². The van der Waals surface area contributed by atoms with Gasteiger partial charge in [-0.15, -0.1) is 0 Å². The number of methoxy groups -OCH3 is 1. The highest BCUT2D eigenvalue weighted by atomic mass is 16.5. The van der Waals surface area contributed by atoms with Gasteiger partial charge in [0.05, 0.1) is 7.11 Å². The Bertz CT molecular complexity index is 780. The van der Waals surface area contributed by atoms with E-state index in [0.717, 1.165) is 23.4 Å². The van der Waals surface area contributed by atoms with Crippen LogP contribution in [0.2, 0.25) is 0 Å². The van der Waals surface area contributed by atoms with E-state index in [4.69, 9.17) is 4.74 Å². The van der Waals surface area contributed by atoms with Gasteiger partial charge in [-0.2, -0.15) is 0 Å². The molecule has 0 aliphatic carbocycles. The smallest absolute Gasteiger partial charge is 0.321 e. The first-order chi connectivity index (χ1) is 13.7. The summed E-state index contributed by atoms with van der Waals surface area (Å²) in [5.74, 6) is 0.878. The van der Waals surface area contributed by atoms with Crippen molar-refractivity contribution in [1.29, 1.82) is 0 Å². The maximum atomic E-state index is 12.5. The number of nitrogens with one attached hydrogen (secondary N) is 1. The van der Waals surface area contributed by atoms with E-state index in [1.54, 1.807) is 36.5 Å². The number of aryl methyl sites for hydroxylation is 1. The Balaban J connectivity index is 1.48. The van der Waals surface area contributed by atoms with E-state index in [9.17, 15) is 9.59 Å². The summed E-state index contributed by atoms with van der Waals surface area (Å²) in [6.07, 6.45) is 5.44. The van der Waals surface area contributed by atoms with E-state index in [2.05, 4.69) is 10.3 Å². The fraction of sp³-hybridized carbons (Fsp3) is 0.381. The Morgan fingerprint density at radius 1 is 1.00 bits per heavy atom. The number of hydrogen-bond acceptors (Lipinski definition) is 4. The van der Waals surface area contributed by atoms with Crippen molar-refractivity contribution in [2.75, 3.05) is 38.6 Å². The van der Waals surface area contributed by atoms with Gasteiger partial charge in [0.2, 0.25) is 5.91 Å². The van der Waals surface area contributed by atoms with Crippen molar-refractivity contribution in [3.63, 3.8) is 0 Å². The lowest BCUT2D eigenvalue weighted by atomic mass is 10.1. The van der Waals surface area contributed by atoms with Gasteiger partial charge >= 0.3 is 6.03 Å². The van der Waals surface area contributed by atoms with Crippen LogP contribution in [0.15, 0.2) is 48.8 Å². The van der Waals surface area contributed by atoms with Crippen LogP contribution in [0.4, 0.5) is 10.5 Å². The molecule has 2 aromatic rings. The maximum absolute atomic E-state index is 12.5. The second-order valence-corrected chi connectivity index (χ2v) is 6.74. The average Bonchev–Trinajstić information content (AvgIpc) is 3.00. The zero-order valence-corrected chi connectivity index (χ0v) is 16.1. The van der Waals surface area contributed by atoms with Crippen molar-refractivity contribution >= 4 is 17.6 Å². The summed E-state index contributed by atoms with van der Waals surface area (Å²) < 4.78 is 5.13. The first kappa shape index (κ1) is 19.7. The van der Waals surface area contributed by atoms with Crippen molar-refractivity contribution in [3.05, 3.63) is 54.4 Å². The Morgan fingerprint density at radius 3 is 2.39 bits per heavy atom. The van der Waals surface area contributed by atoms with Crippen molar-refractivity contribution in [3.8, 4) is 5.75 Å². The number of amides is 3. The van der Waals surface area contributed by atoms with Gasteiger partial charge in [0.1, 0.15) is 5.75 Å². The van der Waals surface area contributed by atoms with Gasteiger partial charge in [-0.25, -0.2) is 4.79 Å². The van der Waals surface area contributed by atoms with Gasteiger partial charge in [0.25, 0.3) is 0 Å². The Morgan fingerprint density at radius 2 is 1.68 bits per heavy atom. The van der Waals surface area contributed by atoms with Gasteiger partial charge in [0.15, 0.2) is 0 Å². The first-order valence-corrected chi connectivity index (χ1v) is 9.52. The van der Waals surface area contributed by atoms with Gasteiger partial charge in [-0.05, 0) is 54.8 Å². The SMILES string of the molecule is COc1ccc(NC(=O)N2CCCN(C(=O)CCc3ccncc3)CC2)cc1. The second-order valence-electron chi connectivity index (χ2n) is 6.74. The number of hydrogen-bond donors (Lipinski definition) is 1. The summed E-state index contributed by atoms with van der Waals surface area (Å²) in [6.45, 7) is 2.41. The largest absolute Gasteiger partial charge is 0.497 e. The molecule has 0 saturated carbocycles. The number of pyridine rings is 1. The zero-order valence-electron chi connectivity index (χ0n) is 16.1. The average molecular weight is 382 g/mol. The number of nitrogens with zero attached hydrogens (tertiary/aromatic N) is 3. The quantitative estimate of drug-likeness (QED) is 0.863. The zero-order chi connectivity index (χ0) is 19.8. The van der Waals surface area contributed by atoms with E-state index in [-0.39, 0.29) is 11.9 Å². The summed E-state index contributed by atoms with van der Waals surface area (Å²) in [4.78, 5) is 32.7. The van der Waals surface area contributed by atoms with E-state index in [1.807, 2.05) is 29.2 Å². The number of benzene rings is 1. The van der Waals surface area contributed by atoms with Crippen molar-refractivity contribution in [2.45, 2.75) is 19.3 Å². The molecule has 7 nitrogen and oxygen atoms in total. The molecule has 0 radical (unpaired) electrons. The number of carbonyl (C=O) groups is 2. The predicted molar refractivity (Wildman–Crippen MR) is 107 cm³/mol. The molecule has 1 N–H and O–H groups in total. The van der Waals surface area contributed by atoms with E-state index in [0.29, 0.717) is 39.0 Å². The number of ether oxygens (including phenoxy) is 1. The molecule has 1 aliphatic heterocycles. The monoisotopic (exact) mass is 382 g/mol. The molecule has 0 spiro atoms. The second kappa shape index (κ2) is 9.73. The lowest BCUT2D eigenvalue weighted by molar-refractivity contribution is -0.131. The molecular formula is C21H26N4O3. The molecule has 1 fully saturated rings. The van der Waals surface area contributed by atoms with E-state index >= 15 is 0 Å². The summed E-state index contributed by atoms with van der Waals surface area (Å²) in [5, 5.41) is 2.90. The number of rotatable bonds is 5. The van der Waals surface area contributed by atoms with Crippen LogP contribution >= 0.6 is 0 Å². The van der Waals surface area contributed by atoms with Gasteiger partial charge in [-0.1, -0.05) is 0 Å². The molecule has 148 valence electrons. The highest BCUT2D eigenvalue weighted by Gasteiger charge is 2.22. The minimum Gasteiger partial charge on any atom is -0.497 e. The molecule has 1 saturated heterocycles. The fourth-order valence-electron chi connectivity index (χ4n) is 3.21. The number of anilines is 1. The van der Waals surface area contributed by atoms with Crippen LogP contribution in [-0.2, 0) is 11.2 Å². The number of carbonyl (C=O) groups excluding carboxylic acids is 2. The van der Waals surface area contributed by atoms with Crippen LogP contribution in [0.1, 0.15) is 18.4 Å². The number of urea groups is 1. The Hall–Kier alpha value is -3.09. The summed E-state index contributed by atoms with van der Waals surface area (Å²) in [7, 11) is 1.61. The van der Waals surface area contributed by atoms with Gasteiger partial charge < -0.3 is 19.9 Å². The normalized spacial score (nSPS) is 14.3. The molecule has 1 aromatic carbocycles. The van der Waals surface area contributed by atoms with Crippen molar-refractivity contribution in [2.24, 2.45) is 0 Å². The predicted octanol–water partition coefficient (Wildman–Crippen LogP) is 2.79. The maximum Gasteiger partial charge on any atom is 0.321 e. The first-order valence-electron chi connectivity index (χ1n) is 9.52. The van der Waals surface area contributed by atoms with E-state index in [1.165, 1.54) is 0 Å². The Kier molecular flexibility index (Phi) is 6.84. The molecule has 7 heteroatoms. The molecule has 3 rings (SSSR count). The van der Waals surface area contributed by atoms with Gasteiger partial charge in [-0.3, -0.25) is 9.78 Å². The fourth-order valence-corrected chi connectivity index (χ4v) is 3.21. The standard InChI is InChI=1S/C21H26N4O3/c1-28-19-6-4-18(5-7-19)23-21(27)25-14-2-13-24(15-16-25)20(26)8-3-17-9-11-22-12-10-17/h4-7,9-12H,2-3,8,13-16H2,1H3,(H,23,27). The molecule has 28 heavy (non-hydrogen) atoms. The third-order valence-electron chi connectivity index (χ3n) is 4.85. The summed E-state index contributed by atoms with van der Waals surface area (Å²) in [6, 6.07) is 11.0. The minimum absolute atomic E-state index is 0.134. The van der Waals surface area contributed by atoms with Crippen molar-refractivity contribution in [1.82, 2.24) is 14.8 Å². The van der Waals surface area contributed by atoms with Crippen LogP contribution in [0.25, 0.3) is 0 Å². The van der Waals surface area contributed by atoms with Crippen molar-refractivity contribution < 1.29 is 14.3 Å². The van der Waals surface area contributed by atoms with Crippen LogP contribution in [0.3, 0.4) is 0 Å². The molecule has 1 aliphatic rings. The van der Waals surface area contributed by atoms with Crippen LogP contribution in [-0.4, -0.2) is 60.0 Å². The molecule has 0 bridgehead atoms. The highest BCUT2D eigenvalue weighted by Crippen LogP contribution is 2.16. The molecule has 1 aromatic heterocycles. The van der Waals surface area contributed by atoms with Crippen LogP contribution < -0.4 is 10.1 Å². The lowest BCUT2D eigenvalue weighted by Gasteiger charge is -2.22. The number of aromatic nitrogens is 1. The molecular weight excluding hydrogens is 356 g/mol.